The Kier molecular flexibility index (Phi) is 6.54. The summed E-state index contributed by atoms with van der Waals surface area (Å²) in [5.41, 5.74) is 2.57. The van der Waals surface area contributed by atoms with Gasteiger partial charge in [-0.2, -0.15) is 5.26 Å². The molecule has 122 valence electrons. The molecule has 0 aromatic heterocycles. The lowest BCUT2D eigenvalue weighted by Crippen LogP contribution is -2.30. The van der Waals surface area contributed by atoms with Crippen LogP contribution in [0.15, 0.2) is 54.6 Å². The summed E-state index contributed by atoms with van der Waals surface area (Å²) < 4.78 is 4.90. The van der Waals surface area contributed by atoms with Crippen LogP contribution in [0.5, 0.6) is 0 Å². The van der Waals surface area contributed by atoms with Gasteiger partial charge in [-0.25, -0.2) is 0 Å². The minimum absolute atomic E-state index is 0.189. The van der Waals surface area contributed by atoms with E-state index in [-0.39, 0.29) is 19.1 Å². The third kappa shape index (κ3) is 5.25. The van der Waals surface area contributed by atoms with Crippen molar-refractivity contribution in [1.82, 2.24) is 5.32 Å². The van der Waals surface area contributed by atoms with Crippen LogP contribution >= 0.6 is 0 Å². The number of nitriles is 1. The summed E-state index contributed by atoms with van der Waals surface area (Å²) in [6.45, 7) is -0.000139. The second-order valence-electron chi connectivity index (χ2n) is 5.11. The largest absolute Gasteiger partial charge is 0.464 e. The van der Waals surface area contributed by atoms with E-state index in [1.807, 2.05) is 48.5 Å². The highest BCUT2D eigenvalue weighted by atomic mass is 16.5. The standard InChI is InChI=1S/C19H18N2O3/c20-12-4-5-13-24-18(22)14-21-19(23)17-10-8-16(9-11-17)15-6-2-1-3-7-15/h1-3,6-11H,4-5,13-14H2,(H,21,23). The molecule has 5 nitrogen and oxygen atoms in total. The summed E-state index contributed by atoms with van der Waals surface area (Å²) in [4.78, 5) is 23.5. The Bertz CT molecular complexity index is 719. The number of amides is 1. The molecule has 5 heteroatoms. The van der Waals surface area contributed by atoms with E-state index in [2.05, 4.69) is 5.32 Å². The number of hydrogen-bond acceptors (Lipinski definition) is 4. The Balaban J connectivity index is 1.83. The van der Waals surface area contributed by atoms with Crippen LogP contribution in [0.3, 0.4) is 0 Å². The van der Waals surface area contributed by atoms with Gasteiger partial charge in [-0.1, -0.05) is 42.5 Å². The molecule has 2 aromatic rings. The minimum Gasteiger partial charge on any atom is -0.464 e. The van der Waals surface area contributed by atoms with E-state index in [1.54, 1.807) is 12.1 Å². The second kappa shape index (κ2) is 9.11. The lowest BCUT2D eigenvalue weighted by atomic mass is 10.0. The molecule has 1 N–H and O–H groups in total. The molecular weight excluding hydrogens is 304 g/mol. The van der Waals surface area contributed by atoms with Crippen molar-refractivity contribution in [3.05, 3.63) is 60.2 Å². The number of benzene rings is 2. The molecule has 24 heavy (non-hydrogen) atoms. The van der Waals surface area contributed by atoms with Crippen molar-refractivity contribution in [3.8, 4) is 17.2 Å². The van der Waals surface area contributed by atoms with E-state index in [4.69, 9.17) is 10.00 Å². The van der Waals surface area contributed by atoms with Gasteiger partial charge < -0.3 is 10.1 Å². The number of ether oxygens (including phenoxy) is 1. The molecule has 1 amide bonds. The van der Waals surface area contributed by atoms with Crippen molar-refractivity contribution in [2.75, 3.05) is 13.2 Å². The Morgan fingerprint density at radius 2 is 1.67 bits per heavy atom. The monoisotopic (exact) mass is 322 g/mol. The molecule has 0 fully saturated rings. The minimum atomic E-state index is -0.512. The van der Waals surface area contributed by atoms with E-state index in [9.17, 15) is 9.59 Å². The highest BCUT2D eigenvalue weighted by molar-refractivity contribution is 5.96. The molecule has 0 saturated carbocycles. The van der Waals surface area contributed by atoms with Gasteiger partial charge in [0.25, 0.3) is 5.91 Å². The zero-order chi connectivity index (χ0) is 17.2. The van der Waals surface area contributed by atoms with Gasteiger partial charge in [-0.3, -0.25) is 9.59 Å². The zero-order valence-corrected chi connectivity index (χ0v) is 13.2. The number of hydrogen-bond donors (Lipinski definition) is 1. The molecule has 0 aliphatic carbocycles. The summed E-state index contributed by atoms with van der Waals surface area (Å²) in [7, 11) is 0. The quantitative estimate of drug-likeness (QED) is 0.628. The van der Waals surface area contributed by atoms with Crippen LogP contribution < -0.4 is 5.32 Å². The predicted molar refractivity (Wildman–Crippen MR) is 90.0 cm³/mol. The first-order valence-electron chi connectivity index (χ1n) is 7.67. The number of nitrogens with zero attached hydrogens (tertiary/aromatic N) is 1. The van der Waals surface area contributed by atoms with Crippen LogP contribution in [0.2, 0.25) is 0 Å². The van der Waals surface area contributed by atoms with Crippen molar-refractivity contribution in [3.63, 3.8) is 0 Å². The smallest absolute Gasteiger partial charge is 0.325 e. The summed E-state index contributed by atoms with van der Waals surface area (Å²) >= 11 is 0. The molecule has 0 radical (unpaired) electrons. The summed E-state index contributed by atoms with van der Waals surface area (Å²) in [5.74, 6) is -0.842. The SMILES string of the molecule is N#CCCCOC(=O)CNC(=O)c1ccc(-c2ccccc2)cc1. The number of esters is 1. The first-order chi connectivity index (χ1) is 11.7. The first-order valence-corrected chi connectivity index (χ1v) is 7.67. The Labute approximate surface area is 140 Å². The molecule has 0 spiro atoms. The molecule has 0 bridgehead atoms. The molecular formula is C19H18N2O3. The molecule has 0 aliphatic heterocycles. The first kappa shape index (κ1) is 17.2. The van der Waals surface area contributed by atoms with E-state index in [1.165, 1.54) is 0 Å². The molecule has 0 unspecified atom stereocenters. The van der Waals surface area contributed by atoms with Crippen LogP contribution in [0.1, 0.15) is 23.2 Å². The van der Waals surface area contributed by atoms with Gasteiger partial charge in [0.15, 0.2) is 0 Å². The van der Waals surface area contributed by atoms with Crippen molar-refractivity contribution in [1.29, 1.82) is 5.26 Å². The van der Waals surface area contributed by atoms with E-state index >= 15 is 0 Å². The van der Waals surface area contributed by atoms with Gasteiger partial charge in [0, 0.05) is 12.0 Å². The maximum absolute atomic E-state index is 12.0. The van der Waals surface area contributed by atoms with E-state index in [0.717, 1.165) is 11.1 Å². The summed E-state index contributed by atoms with van der Waals surface area (Å²) in [6, 6.07) is 19.0. The average molecular weight is 322 g/mol. The fourth-order valence-electron chi connectivity index (χ4n) is 2.09. The van der Waals surface area contributed by atoms with Crippen molar-refractivity contribution in [2.24, 2.45) is 0 Å². The lowest BCUT2D eigenvalue weighted by molar-refractivity contribution is -0.142. The van der Waals surface area contributed by atoms with Gasteiger partial charge in [0.2, 0.25) is 0 Å². The number of unbranched alkanes of at least 4 members (excludes halogenated alkanes) is 1. The van der Waals surface area contributed by atoms with Crippen LogP contribution in [-0.4, -0.2) is 25.0 Å². The number of rotatable bonds is 7. The third-order valence-corrected chi connectivity index (χ3v) is 3.34. The van der Waals surface area contributed by atoms with Gasteiger partial charge >= 0.3 is 5.97 Å². The number of nitrogens with one attached hydrogen (secondary N) is 1. The van der Waals surface area contributed by atoms with Crippen LogP contribution in [0.4, 0.5) is 0 Å². The normalized spacial score (nSPS) is 9.79. The maximum atomic E-state index is 12.0. The van der Waals surface area contributed by atoms with Crippen molar-refractivity contribution in [2.45, 2.75) is 12.8 Å². The van der Waals surface area contributed by atoms with Crippen LogP contribution in [-0.2, 0) is 9.53 Å². The van der Waals surface area contributed by atoms with E-state index in [0.29, 0.717) is 18.4 Å². The molecule has 0 heterocycles. The lowest BCUT2D eigenvalue weighted by Gasteiger charge is -2.07. The fourth-order valence-corrected chi connectivity index (χ4v) is 2.09. The second-order valence-corrected chi connectivity index (χ2v) is 5.11. The maximum Gasteiger partial charge on any atom is 0.325 e. The van der Waals surface area contributed by atoms with Crippen LogP contribution in [0.25, 0.3) is 11.1 Å². The van der Waals surface area contributed by atoms with Crippen LogP contribution in [0, 0.1) is 11.3 Å². The fraction of sp³-hybridized carbons (Fsp3) is 0.211. The molecule has 0 aliphatic rings. The van der Waals surface area contributed by atoms with Gasteiger partial charge in [0.05, 0.1) is 12.7 Å². The Morgan fingerprint density at radius 3 is 2.33 bits per heavy atom. The molecule has 0 saturated heterocycles. The average Bonchev–Trinajstić information content (AvgIpc) is 2.64. The number of carbonyl (C=O) groups is 2. The Hall–Kier alpha value is -3.13. The predicted octanol–water partition coefficient (Wildman–Crippen LogP) is 2.93. The van der Waals surface area contributed by atoms with E-state index < -0.39 is 5.97 Å². The molecule has 0 atom stereocenters. The highest BCUT2D eigenvalue weighted by Crippen LogP contribution is 2.19. The summed E-state index contributed by atoms with van der Waals surface area (Å²) in [5, 5.41) is 10.9. The van der Waals surface area contributed by atoms with Gasteiger partial charge in [0.1, 0.15) is 6.54 Å². The molecule has 2 rings (SSSR count). The van der Waals surface area contributed by atoms with Gasteiger partial charge in [-0.05, 0) is 29.7 Å². The zero-order valence-electron chi connectivity index (χ0n) is 13.2. The molecule has 2 aromatic carbocycles. The number of carbonyl (C=O) groups excluding carboxylic acids is 2. The van der Waals surface area contributed by atoms with Crippen molar-refractivity contribution >= 4 is 11.9 Å². The van der Waals surface area contributed by atoms with Gasteiger partial charge in [-0.15, -0.1) is 0 Å². The third-order valence-electron chi connectivity index (χ3n) is 3.34. The highest BCUT2D eigenvalue weighted by Gasteiger charge is 2.09. The topological polar surface area (TPSA) is 79.2 Å². The Morgan fingerprint density at radius 1 is 1.00 bits per heavy atom. The summed E-state index contributed by atoms with van der Waals surface area (Å²) in [6.07, 6.45) is 0.838. The van der Waals surface area contributed by atoms with Crippen molar-refractivity contribution < 1.29 is 14.3 Å².